The molecule has 1 heteroatoms. The lowest BCUT2D eigenvalue weighted by atomic mass is 9.58. The summed E-state index contributed by atoms with van der Waals surface area (Å²) in [6, 6.07) is 0. The molecule has 1 nitrogen and oxygen atoms in total. The third-order valence-corrected chi connectivity index (χ3v) is 5.04. The highest BCUT2D eigenvalue weighted by molar-refractivity contribution is 5.80. The summed E-state index contributed by atoms with van der Waals surface area (Å²) < 4.78 is 0. The van der Waals surface area contributed by atoms with E-state index in [0.29, 0.717) is 11.2 Å². The Hall–Kier alpha value is -0.590. The number of rotatable bonds is 1. The highest BCUT2D eigenvalue weighted by Crippen LogP contribution is 2.53. The largest absolute Gasteiger partial charge is 0.300 e. The first-order chi connectivity index (χ1) is 7.74. The second-order valence-corrected chi connectivity index (χ2v) is 7.35. The van der Waals surface area contributed by atoms with Gasteiger partial charge in [0.2, 0.25) is 0 Å². The van der Waals surface area contributed by atoms with Crippen LogP contribution in [0.4, 0.5) is 0 Å². The van der Waals surface area contributed by atoms with Crippen molar-refractivity contribution in [3.05, 3.63) is 11.1 Å². The molecule has 0 aromatic carbocycles. The number of hydrogen-bond donors (Lipinski definition) is 0. The zero-order chi connectivity index (χ0) is 12.8. The fourth-order valence-electron chi connectivity index (χ4n) is 3.99. The van der Waals surface area contributed by atoms with Gasteiger partial charge in [-0.15, -0.1) is 0 Å². The van der Waals surface area contributed by atoms with Crippen LogP contribution in [0.3, 0.4) is 0 Å². The number of allylic oxidation sites excluding steroid dienone is 2. The average molecular weight is 234 g/mol. The van der Waals surface area contributed by atoms with Crippen molar-refractivity contribution >= 4 is 5.78 Å². The maximum absolute atomic E-state index is 11.9. The van der Waals surface area contributed by atoms with Gasteiger partial charge in [0.25, 0.3) is 0 Å². The van der Waals surface area contributed by atoms with Gasteiger partial charge in [0.1, 0.15) is 5.78 Å². The summed E-state index contributed by atoms with van der Waals surface area (Å²) in [4.78, 5) is 11.9. The molecule has 1 atom stereocenters. The van der Waals surface area contributed by atoms with Gasteiger partial charge >= 0.3 is 0 Å². The van der Waals surface area contributed by atoms with Gasteiger partial charge in [-0.2, -0.15) is 0 Å². The van der Waals surface area contributed by atoms with Gasteiger partial charge in [-0.1, -0.05) is 38.8 Å². The summed E-state index contributed by atoms with van der Waals surface area (Å²) in [5, 5.41) is 0. The van der Waals surface area contributed by atoms with Crippen LogP contribution >= 0.6 is 0 Å². The zero-order valence-corrected chi connectivity index (χ0v) is 12.0. The number of carbonyl (C=O) groups is 1. The Morgan fingerprint density at radius 2 is 1.88 bits per heavy atom. The Morgan fingerprint density at radius 1 is 1.24 bits per heavy atom. The van der Waals surface area contributed by atoms with E-state index in [2.05, 4.69) is 27.7 Å². The van der Waals surface area contributed by atoms with Crippen molar-refractivity contribution in [2.75, 3.05) is 0 Å². The highest BCUT2D eigenvalue weighted by Gasteiger charge is 2.43. The van der Waals surface area contributed by atoms with Crippen LogP contribution in [0, 0.1) is 16.7 Å². The predicted octanol–water partition coefficient (Wildman–Crippen LogP) is 4.52. The zero-order valence-electron chi connectivity index (χ0n) is 12.0. The van der Waals surface area contributed by atoms with E-state index in [9.17, 15) is 4.79 Å². The van der Waals surface area contributed by atoms with Gasteiger partial charge in [-0.05, 0) is 49.9 Å². The molecule has 0 aliphatic heterocycles. The molecule has 0 amide bonds. The minimum absolute atomic E-state index is 0.165. The Bertz CT molecular complexity index is 371. The van der Waals surface area contributed by atoms with Gasteiger partial charge < -0.3 is 0 Å². The fraction of sp³-hybridized carbons (Fsp3) is 0.812. The smallest absolute Gasteiger partial charge is 0.133 e. The highest BCUT2D eigenvalue weighted by atomic mass is 16.1. The summed E-state index contributed by atoms with van der Waals surface area (Å²) in [5.74, 6) is 0.613. The summed E-state index contributed by atoms with van der Waals surface area (Å²) in [6.07, 6.45) is 6.04. The number of hydrogen-bond acceptors (Lipinski definition) is 1. The molecular formula is C16H26O. The van der Waals surface area contributed by atoms with Crippen molar-refractivity contribution in [2.24, 2.45) is 16.7 Å². The molecule has 2 rings (SSSR count). The molecule has 0 bridgehead atoms. The molecule has 1 unspecified atom stereocenters. The average Bonchev–Trinajstić information content (AvgIpc) is 2.13. The Kier molecular flexibility index (Phi) is 3.00. The second kappa shape index (κ2) is 3.96. The molecule has 0 saturated heterocycles. The maximum Gasteiger partial charge on any atom is 0.133 e. The fourth-order valence-corrected chi connectivity index (χ4v) is 3.99. The van der Waals surface area contributed by atoms with Gasteiger partial charge in [-0.25, -0.2) is 0 Å². The molecule has 0 fully saturated rings. The van der Waals surface area contributed by atoms with Gasteiger partial charge in [0.05, 0.1) is 0 Å². The Labute approximate surface area is 106 Å². The lowest BCUT2D eigenvalue weighted by molar-refractivity contribution is -0.124. The molecule has 0 spiro atoms. The van der Waals surface area contributed by atoms with Crippen molar-refractivity contribution in [3.8, 4) is 0 Å². The van der Waals surface area contributed by atoms with E-state index in [1.54, 1.807) is 18.1 Å². The molecule has 17 heavy (non-hydrogen) atoms. The maximum atomic E-state index is 11.9. The molecular weight excluding hydrogens is 208 g/mol. The Balaban J connectivity index is 2.39. The first-order valence-electron chi connectivity index (χ1n) is 6.96. The van der Waals surface area contributed by atoms with E-state index in [4.69, 9.17) is 0 Å². The monoisotopic (exact) mass is 234 g/mol. The Morgan fingerprint density at radius 3 is 2.47 bits per heavy atom. The molecule has 2 aliphatic rings. The van der Waals surface area contributed by atoms with Crippen molar-refractivity contribution in [2.45, 2.75) is 66.7 Å². The van der Waals surface area contributed by atoms with Gasteiger partial charge in [-0.3, -0.25) is 4.79 Å². The van der Waals surface area contributed by atoms with Crippen LogP contribution < -0.4 is 0 Å². The predicted molar refractivity (Wildman–Crippen MR) is 71.8 cm³/mol. The normalized spacial score (nSPS) is 31.0. The molecule has 0 heterocycles. The molecule has 0 radical (unpaired) electrons. The molecule has 0 aromatic rings. The van der Waals surface area contributed by atoms with E-state index < -0.39 is 0 Å². The second-order valence-electron chi connectivity index (χ2n) is 7.35. The lowest BCUT2D eigenvalue weighted by Gasteiger charge is -2.46. The van der Waals surface area contributed by atoms with Gasteiger partial charge in [0.15, 0.2) is 0 Å². The first-order valence-corrected chi connectivity index (χ1v) is 6.96. The minimum atomic E-state index is 0.165. The summed E-state index contributed by atoms with van der Waals surface area (Å²) >= 11 is 0. The minimum Gasteiger partial charge on any atom is -0.300 e. The van der Waals surface area contributed by atoms with Crippen molar-refractivity contribution in [1.82, 2.24) is 0 Å². The third-order valence-electron chi connectivity index (χ3n) is 5.04. The summed E-state index contributed by atoms with van der Waals surface area (Å²) in [5.41, 5.74) is 3.78. The SMILES string of the molecule is CC(=O)C1CC2=C(CCCC2(C)C)CC1(C)C. The van der Waals surface area contributed by atoms with Crippen molar-refractivity contribution in [1.29, 1.82) is 0 Å². The summed E-state index contributed by atoms with van der Waals surface area (Å²) in [6.45, 7) is 11.0. The van der Waals surface area contributed by atoms with E-state index in [-0.39, 0.29) is 11.3 Å². The van der Waals surface area contributed by atoms with Crippen molar-refractivity contribution < 1.29 is 4.79 Å². The topological polar surface area (TPSA) is 17.1 Å². The lowest BCUT2D eigenvalue weighted by Crippen LogP contribution is -2.38. The summed E-state index contributed by atoms with van der Waals surface area (Å²) in [7, 11) is 0. The molecule has 96 valence electrons. The van der Waals surface area contributed by atoms with Crippen LogP contribution in [-0.4, -0.2) is 5.78 Å². The van der Waals surface area contributed by atoms with E-state index >= 15 is 0 Å². The van der Waals surface area contributed by atoms with Crippen LogP contribution in [-0.2, 0) is 4.79 Å². The number of carbonyl (C=O) groups excluding carboxylic acids is 1. The number of ketones is 1. The van der Waals surface area contributed by atoms with E-state index in [1.807, 2.05) is 0 Å². The van der Waals surface area contributed by atoms with Crippen LogP contribution in [0.2, 0.25) is 0 Å². The van der Waals surface area contributed by atoms with Gasteiger partial charge in [0, 0.05) is 5.92 Å². The molecule has 0 aromatic heterocycles. The third kappa shape index (κ3) is 2.21. The molecule has 0 saturated carbocycles. The van der Waals surface area contributed by atoms with E-state index in [1.165, 1.54) is 19.3 Å². The van der Waals surface area contributed by atoms with Crippen LogP contribution in [0.5, 0.6) is 0 Å². The van der Waals surface area contributed by atoms with E-state index in [0.717, 1.165) is 12.8 Å². The quantitative estimate of drug-likeness (QED) is 0.610. The van der Waals surface area contributed by atoms with Crippen molar-refractivity contribution in [3.63, 3.8) is 0 Å². The standard InChI is InChI=1S/C16H26O/c1-11(17)13-9-14-12(10-16(13,4)5)7-6-8-15(14,2)3/h13H,6-10H2,1-5H3. The first kappa shape index (κ1) is 12.9. The molecule has 0 N–H and O–H groups in total. The van der Waals surface area contributed by atoms with Crippen LogP contribution in [0.25, 0.3) is 0 Å². The van der Waals surface area contributed by atoms with Crippen LogP contribution in [0.15, 0.2) is 11.1 Å². The van der Waals surface area contributed by atoms with Crippen LogP contribution in [0.1, 0.15) is 66.7 Å². The number of Topliss-reactive ketones (excluding diaryl/α,β-unsaturated/α-hetero) is 1. The molecule has 2 aliphatic carbocycles.